The minimum Gasteiger partial charge on any atom is -0.447 e. The van der Waals surface area contributed by atoms with E-state index in [-0.39, 0.29) is 18.1 Å². The average Bonchev–Trinajstić information content (AvgIpc) is 3.35. The van der Waals surface area contributed by atoms with Crippen LogP contribution in [0.3, 0.4) is 0 Å². The predicted octanol–water partition coefficient (Wildman–Crippen LogP) is 1.87. The van der Waals surface area contributed by atoms with E-state index in [2.05, 4.69) is 34.2 Å². The highest BCUT2D eigenvalue weighted by molar-refractivity contribution is 6.02. The van der Waals surface area contributed by atoms with Gasteiger partial charge in [0.15, 0.2) is 5.60 Å². The molecule has 6 nitrogen and oxygen atoms in total. The smallest absolute Gasteiger partial charge is 0.296 e. The van der Waals surface area contributed by atoms with Crippen LogP contribution < -0.4 is 0 Å². The van der Waals surface area contributed by atoms with Crippen LogP contribution in [0.1, 0.15) is 36.8 Å². The third kappa shape index (κ3) is 2.25. The molecule has 0 aromatic heterocycles. The molecule has 1 aliphatic carbocycles. The number of likely N-dealkylation sites (tertiary alicyclic amines) is 1. The SMILES string of the molecule is O=C1N=C(N2CCC3(CC2)OCc2ccccc23)OC12CC=C(CO)C2. The molecule has 1 N–H and O–H groups in total. The van der Waals surface area contributed by atoms with Gasteiger partial charge in [-0.3, -0.25) is 4.79 Å². The van der Waals surface area contributed by atoms with E-state index in [0.29, 0.717) is 25.5 Å². The number of amidine groups is 1. The number of aliphatic hydroxyl groups is 1. The number of nitrogens with zero attached hydrogens (tertiary/aromatic N) is 2. The Morgan fingerprint density at radius 1 is 1.19 bits per heavy atom. The summed E-state index contributed by atoms with van der Waals surface area (Å²) in [4.78, 5) is 18.7. The molecule has 5 rings (SSSR count). The number of aliphatic hydroxyl groups excluding tert-OH is 1. The number of ether oxygens (including phenoxy) is 2. The van der Waals surface area contributed by atoms with Gasteiger partial charge >= 0.3 is 0 Å². The molecule has 0 radical (unpaired) electrons. The quantitative estimate of drug-likeness (QED) is 0.780. The molecular formula is C20H22N2O4. The average molecular weight is 354 g/mol. The van der Waals surface area contributed by atoms with Crippen molar-refractivity contribution < 1.29 is 19.4 Å². The molecule has 4 aliphatic rings. The third-order valence-corrected chi connectivity index (χ3v) is 6.16. The number of carbonyl (C=O) groups excluding carboxylic acids is 1. The van der Waals surface area contributed by atoms with E-state index in [0.717, 1.165) is 31.5 Å². The summed E-state index contributed by atoms with van der Waals surface area (Å²) in [6, 6.07) is 8.86. The predicted molar refractivity (Wildman–Crippen MR) is 94.4 cm³/mol. The molecular weight excluding hydrogens is 332 g/mol. The van der Waals surface area contributed by atoms with Gasteiger partial charge in [-0.1, -0.05) is 30.3 Å². The van der Waals surface area contributed by atoms with Gasteiger partial charge in [0.25, 0.3) is 11.9 Å². The van der Waals surface area contributed by atoms with Crippen LogP contribution in [0, 0.1) is 0 Å². The lowest BCUT2D eigenvalue weighted by atomic mass is 9.84. The van der Waals surface area contributed by atoms with Gasteiger partial charge < -0.3 is 19.5 Å². The van der Waals surface area contributed by atoms with Crippen LogP contribution in [0.5, 0.6) is 0 Å². The van der Waals surface area contributed by atoms with Crippen LogP contribution in [-0.4, -0.2) is 47.2 Å². The van der Waals surface area contributed by atoms with E-state index in [1.54, 1.807) is 0 Å². The molecule has 3 heterocycles. The van der Waals surface area contributed by atoms with Gasteiger partial charge in [0.1, 0.15) is 0 Å². The Bertz CT molecular complexity index is 823. The summed E-state index contributed by atoms with van der Waals surface area (Å²) < 4.78 is 12.2. The fourth-order valence-electron chi connectivity index (χ4n) is 4.60. The number of fused-ring (bicyclic) bond motifs is 2. The maximum absolute atomic E-state index is 12.4. The second kappa shape index (κ2) is 5.66. The fourth-order valence-corrected chi connectivity index (χ4v) is 4.60. The Hall–Kier alpha value is -2.18. The van der Waals surface area contributed by atoms with Crippen molar-refractivity contribution in [3.05, 3.63) is 47.0 Å². The van der Waals surface area contributed by atoms with Crippen LogP contribution >= 0.6 is 0 Å². The molecule has 1 atom stereocenters. The highest BCUT2D eigenvalue weighted by Gasteiger charge is 2.51. The van der Waals surface area contributed by atoms with Gasteiger partial charge in [-0.15, -0.1) is 0 Å². The van der Waals surface area contributed by atoms with E-state index in [4.69, 9.17) is 9.47 Å². The summed E-state index contributed by atoms with van der Waals surface area (Å²) in [5.41, 5.74) is 2.29. The van der Waals surface area contributed by atoms with Crippen LogP contribution in [-0.2, 0) is 26.5 Å². The number of aliphatic imine (C=N–C) groups is 1. The van der Waals surface area contributed by atoms with Crippen molar-refractivity contribution in [2.75, 3.05) is 19.7 Å². The Morgan fingerprint density at radius 3 is 2.77 bits per heavy atom. The molecule has 1 fully saturated rings. The molecule has 26 heavy (non-hydrogen) atoms. The highest BCUT2D eigenvalue weighted by Crippen LogP contribution is 2.45. The maximum atomic E-state index is 12.4. The lowest BCUT2D eigenvalue weighted by molar-refractivity contribution is -0.130. The van der Waals surface area contributed by atoms with Crippen LogP contribution in [0.25, 0.3) is 0 Å². The van der Waals surface area contributed by atoms with Crippen molar-refractivity contribution >= 4 is 11.9 Å². The first-order valence-corrected chi connectivity index (χ1v) is 9.22. The summed E-state index contributed by atoms with van der Waals surface area (Å²) in [6.45, 7) is 2.13. The van der Waals surface area contributed by atoms with Crippen LogP contribution in [0.15, 0.2) is 40.9 Å². The van der Waals surface area contributed by atoms with Crippen molar-refractivity contribution in [1.29, 1.82) is 0 Å². The zero-order valence-electron chi connectivity index (χ0n) is 14.6. The Balaban J connectivity index is 1.29. The molecule has 0 saturated carbocycles. The Kier molecular flexibility index (Phi) is 3.49. The van der Waals surface area contributed by atoms with Crippen LogP contribution in [0.4, 0.5) is 0 Å². The fraction of sp³-hybridized carbons (Fsp3) is 0.500. The van der Waals surface area contributed by atoms with E-state index in [9.17, 15) is 9.90 Å². The molecule has 1 aromatic rings. The largest absolute Gasteiger partial charge is 0.447 e. The first kappa shape index (κ1) is 16.0. The standard InChI is InChI=1S/C20H22N2O4/c23-12-14-5-6-20(11-14)17(24)21-18(26-20)22-9-7-19(8-10-22)16-4-2-1-3-15(16)13-25-19/h1-5,23H,6-13H2. The molecule has 1 amide bonds. The summed E-state index contributed by atoms with van der Waals surface area (Å²) in [5, 5.41) is 9.31. The maximum Gasteiger partial charge on any atom is 0.296 e. The number of rotatable bonds is 1. The molecule has 1 aromatic carbocycles. The van der Waals surface area contributed by atoms with Crippen molar-refractivity contribution in [3.8, 4) is 0 Å². The topological polar surface area (TPSA) is 71.4 Å². The molecule has 136 valence electrons. The third-order valence-electron chi connectivity index (χ3n) is 6.16. The lowest BCUT2D eigenvalue weighted by Crippen LogP contribution is -2.46. The van der Waals surface area contributed by atoms with Gasteiger partial charge in [-0.2, -0.15) is 4.99 Å². The van der Waals surface area contributed by atoms with Gasteiger partial charge in [0.05, 0.1) is 18.8 Å². The minimum absolute atomic E-state index is 0.0310. The van der Waals surface area contributed by atoms with Gasteiger partial charge in [0, 0.05) is 25.9 Å². The molecule has 2 spiro atoms. The molecule has 1 unspecified atom stereocenters. The summed E-state index contributed by atoms with van der Waals surface area (Å²) >= 11 is 0. The monoisotopic (exact) mass is 354 g/mol. The van der Waals surface area contributed by atoms with Gasteiger partial charge in [0.2, 0.25) is 0 Å². The van der Waals surface area contributed by atoms with Gasteiger partial charge in [-0.05, 0) is 29.5 Å². The molecule has 1 saturated heterocycles. The second-order valence-electron chi connectivity index (χ2n) is 7.62. The molecule has 0 bridgehead atoms. The number of benzene rings is 1. The van der Waals surface area contributed by atoms with Gasteiger partial charge in [-0.25, -0.2) is 0 Å². The second-order valence-corrected chi connectivity index (χ2v) is 7.62. The number of amides is 1. The molecule has 6 heteroatoms. The Morgan fingerprint density at radius 2 is 2.00 bits per heavy atom. The van der Waals surface area contributed by atoms with Crippen molar-refractivity contribution in [3.63, 3.8) is 0 Å². The van der Waals surface area contributed by atoms with Crippen molar-refractivity contribution in [2.45, 2.75) is 43.5 Å². The zero-order valence-corrected chi connectivity index (χ0v) is 14.6. The highest BCUT2D eigenvalue weighted by atomic mass is 16.5. The summed E-state index contributed by atoms with van der Waals surface area (Å²) in [5.74, 6) is -0.227. The van der Waals surface area contributed by atoms with Crippen molar-refractivity contribution in [1.82, 2.24) is 4.90 Å². The summed E-state index contributed by atoms with van der Waals surface area (Å²) in [7, 11) is 0. The minimum atomic E-state index is -0.918. The van der Waals surface area contributed by atoms with E-state index >= 15 is 0 Å². The van der Waals surface area contributed by atoms with E-state index in [1.165, 1.54) is 11.1 Å². The van der Waals surface area contributed by atoms with E-state index in [1.807, 2.05) is 6.08 Å². The number of piperidine rings is 1. The number of hydrogen-bond donors (Lipinski definition) is 1. The number of carbonyl (C=O) groups is 1. The van der Waals surface area contributed by atoms with E-state index < -0.39 is 5.60 Å². The normalized spacial score (nSPS) is 29.1. The molecule has 3 aliphatic heterocycles. The summed E-state index contributed by atoms with van der Waals surface area (Å²) in [6.07, 6.45) is 4.53. The Labute approximate surface area is 152 Å². The first-order chi connectivity index (χ1) is 12.6. The van der Waals surface area contributed by atoms with Crippen LogP contribution in [0.2, 0.25) is 0 Å². The zero-order chi connectivity index (χ0) is 17.8. The lowest BCUT2D eigenvalue weighted by Gasteiger charge is -2.39. The van der Waals surface area contributed by atoms with Crippen molar-refractivity contribution in [2.24, 2.45) is 4.99 Å². The first-order valence-electron chi connectivity index (χ1n) is 9.22. The number of hydrogen-bond acceptors (Lipinski definition) is 5.